The minimum absolute atomic E-state index is 0.0386. The SMILES string of the molecule is COC[C@@H]1CN[C@H](c2nc3c(ccc4cc5c(cc43)OCc3cc(-c4cnc([C@@H]6C[C@H](C)CN6C(=O)[C@@H](NOC)C(C)C)[nH]4)ccc3-5)[nH]2)C1. The number of hydrogen-bond acceptors (Lipinski definition) is 8. The molecule has 3 aliphatic rings. The highest BCUT2D eigenvalue weighted by Crippen LogP contribution is 2.43. The number of aromatic amines is 2. The lowest BCUT2D eigenvalue weighted by Gasteiger charge is -2.29. The molecule has 256 valence electrons. The van der Waals surface area contributed by atoms with Crippen LogP contribution >= 0.6 is 0 Å². The quantitative estimate of drug-likeness (QED) is 0.140. The molecule has 0 bridgehead atoms. The van der Waals surface area contributed by atoms with Gasteiger partial charge in [-0.3, -0.25) is 4.79 Å². The van der Waals surface area contributed by atoms with Gasteiger partial charge in [0, 0.05) is 31.1 Å². The fraction of sp³-hybridized carbons (Fsp3) is 0.447. The summed E-state index contributed by atoms with van der Waals surface area (Å²) in [4.78, 5) is 37.7. The first kappa shape index (κ1) is 31.9. The van der Waals surface area contributed by atoms with Crippen molar-refractivity contribution >= 4 is 27.7 Å². The molecule has 0 radical (unpaired) electrons. The van der Waals surface area contributed by atoms with E-state index in [1.165, 1.54) is 5.56 Å². The topological polar surface area (TPSA) is 129 Å². The van der Waals surface area contributed by atoms with Crippen LogP contribution in [0.4, 0.5) is 0 Å². The monoisotopic (exact) mass is 663 g/mol. The smallest absolute Gasteiger partial charge is 0.242 e. The van der Waals surface area contributed by atoms with Gasteiger partial charge in [0.15, 0.2) is 0 Å². The Morgan fingerprint density at radius 1 is 1.08 bits per heavy atom. The van der Waals surface area contributed by atoms with Crippen LogP contribution in [0.15, 0.2) is 48.7 Å². The molecule has 0 aliphatic carbocycles. The second-order valence-electron chi connectivity index (χ2n) is 14.4. The molecular weight excluding hydrogens is 618 g/mol. The number of fused-ring (bicyclic) bond motifs is 6. The molecule has 5 heterocycles. The Morgan fingerprint density at radius 3 is 2.78 bits per heavy atom. The summed E-state index contributed by atoms with van der Waals surface area (Å²) in [5.74, 6) is 3.65. The van der Waals surface area contributed by atoms with E-state index in [1.54, 1.807) is 14.2 Å². The summed E-state index contributed by atoms with van der Waals surface area (Å²) in [6, 6.07) is 14.8. The lowest BCUT2D eigenvalue weighted by Crippen LogP contribution is -2.49. The van der Waals surface area contributed by atoms with Crippen molar-refractivity contribution in [1.29, 1.82) is 0 Å². The van der Waals surface area contributed by atoms with Gasteiger partial charge in [-0.2, -0.15) is 5.48 Å². The van der Waals surface area contributed by atoms with Crippen molar-refractivity contribution in [2.45, 2.75) is 58.3 Å². The van der Waals surface area contributed by atoms with Crippen molar-refractivity contribution in [1.82, 2.24) is 35.6 Å². The molecular formula is C38H45N7O4. The van der Waals surface area contributed by atoms with Gasteiger partial charge in [-0.25, -0.2) is 9.97 Å². The number of hydrogen-bond donors (Lipinski definition) is 4. The van der Waals surface area contributed by atoms with Crippen LogP contribution < -0.4 is 15.5 Å². The molecule has 11 heteroatoms. The lowest BCUT2D eigenvalue weighted by atomic mass is 9.92. The highest BCUT2D eigenvalue weighted by molar-refractivity contribution is 6.07. The van der Waals surface area contributed by atoms with Crippen molar-refractivity contribution in [2.75, 3.05) is 33.9 Å². The van der Waals surface area contributed by atoms with E-state index in [9.17, 15) is 4.79 Å². The standard InChI is InChI=1S/C38H45N7O4/c1-20(2)34(44-48-5)38(46)45-17-21(3)10-32(45)37-40-16-31(42-37)24-6-8-26-25(12-24)19-49-33-14-27-23(13-28(26)33)7-9-29-35(27)43-36(41-29)30-11-22(15-39-30)18-47-4/h6-9,12-14,16,20-22,30,32,34,39,44H,10-11,15,17-19H2,1-5H3,(H,40,42)(H,41,43)/t21-,22-,30-,32-,34-/m0/s1. The Balaban J connectivity index is 1.05. The van der Waals surface area contributed by atoms with E-state index in [-0.39, 0.29) is 23.9 Å². The number of imidazole rings is 2. The highest BCUT2D eigenvalue weighted by Gasteiger charge is 2.39. The molecule has 0 saturated carbocycles. The van der Waals surface area contributed by atoms with Gasteiger partial charge in [0.25, 0.3) is 0 Å². The van der Waals surface area contributed by atoms with Crippen LogP contribution in [-0.2, 0) is 21.0 Å². The molecule has 2 saturated heterocycles. The number of H-pyrrole nitrogens is 2. The summed E-state index contributed by atoms with van der Waals surface area (Å²) in [5.41, 5.74) is 10.2. The number of rotatable bonds is 9. The number of benzene rings is 3. The summed E-state index contributed by atoms with van der Waals surface area (Å²) in [7, 11) is 3.31. The number of hydroxylamine groups is 1. The maximum Gasteiger partial charge on any atom is 0.242 e. The molecule has 5 aromatic rings. The minimum Gasteiger partial charge on any atom is -0.488 e. The minimum atomic E-state index is -0.417. The Labute approximate surface area is 286 Å². The summed E-state index contributed by atoms with van der Waals surface area (Å²) in [6.45, 7) is 9.10. The van der Waals surface area contributed by atoms with Crippen molar-refractivity contribution in [3.63, 3.8) is 0 Å². The first-order chi connectivity index (χ1) is 23.8. The van der Waals surface area contributed by atoms with E-state index in [1.807, 2.05) is 24.9 Å². The maximum atomic E-state index is 13.6. The molecule has 0 spiro atoms. The second-order valence-corrected chi connectivity index (χ2v) is 14.4. The second kappa shape index (κ2) is 12.9. The van der Waals surface area contributed by atoms with Gasteiger partial charge in [0.1, 0.15) is 30.0 Å². The normalized spacial score (nSPS) is 22.5. The number of ether oxygens (including phenoxy) is 2. The molecule has 2 aromatic heterocycles. The Kier molecular flexibility index (Phi) is 8.39. The number of carbonyl (C=O) groups excluding carboxylic acids is 1. The van der Waals surface area contributed by atoms with Gasteiger partial charge in [-0.05, 0) is 76.9 Å². The van der Waals surface area contributed by atoms with E-state index in [2.05, 4.69) is 70.2 Å². The number of carbonyl (C=O) groups is 1. The molecule has 3 aliphatic heterocycles. The van der Waals surface area contributed by atoms with Crippen LogP contribution in [0, 0.1) is 17.8 Å². The van der Waals surface area contributed by atoms with Gasteiger partial charge in [-0.1, -0.05) is 39.0 Å². The third kappa shape index (κ3) is 5.78. The zero-order valence-corrected chi connectivity index (χ0v) is 28.8. The lowest BCUT2D eigenvalue weighted by molar-refractivity contribution is -0.140. The third-order valence-electron chi connectivity index (χ3n) is 10.5. The maximum absolute atomic E-state index is 13.6. The largest absolute Gasteiger partial charge is 0.488 e. The first-order valence-corrected chi connectivity index (χ1v) is 17.4. The molecule has 4 N–H and O–H groups in total. The van der Waals surface area contributed by atoms with Crippen molar-refractivity contribution in [3.05, 3.63) is 65.9 Å². The predicted octanol–water partition coefficient (Wildman–Crippen LogP) is 6.05. The average Bonchev–Trinajstić information content (AvgIpc) is 3.92. The van der Waals surface area contributed by atoms with Crippen LogP contribution in [0.25, 0.3) is 44.2 Å². The number of likely N-dealkylation sites (tertiary alicyclic amines) is 1. The van der Waals surface area contributed by atoms with Crippen LogP contribution in [0.2, 0.25) is 0 Å². The fourth-order valence-corrected chi connectivity index (χ4v) is 8.00. The zero-order chi connectivity index (χ0) is 33.8. The van der Waals surface area contributed by atoms with Crippen LogP contribution in [0.1, 0.15) is 62.9 Å². The van der Waals surface area contributed by atoms with Gasteiger partial charge < -0.3 is 34.5 Å². The fourth-order valence-electron chi connectivity index (χ4n) is 8.00. The Hall–Kier alpha value is -4.29. The van der Waals surface area contributed by atoms with E-state index in [0.717, 1.165) is 87.6 Å². The molecule has 5 atom stereocenters. The molecule has 8 rings (SSSR count). The zero-order valence-electron chi connectivity index (χ0n) is 28.8. The van der Waals surface area contributed by atoms with Crippen LogP contribution in [-0.4, -0.2) is 70.7 Å². The van der Waals surface area contributed by atoms with Gasteiger partial charge >= 0.3 is 0 Å². The number of nitrogens with one attached hydrogen (secondary N) is 4. The first-order valence-electron chi connectivity index (χ1n) is 17.4. The van der Waals surface area contributed by atoms with Crippen molar-refractivity contribution in [2.24, 2.45) is 17.8 Å². The van der Waals surface area contributed by atoms with Crippen molar-refractivity contribution < 1.29 is 19.1 Å². The molecule has 11 nitrogen and oxygen atoms in total. The third-order valence-corrected chi connectivity index (χ3v) is 10.5. The molecule has 49 heavy (non-hydrogen) atoms. The Morgan fingerprint density at radius 2 is 1.96 bits per heavy atom. The predicted molar refractivity (Wildman–Crippen MR) is 189 cm³/mol. The molecule has 3 aromatic carbocycles. The summed E-state index contributed by atoms with van der Waals surface area (Å²) >= 11 is 0. The van der Waals surface area contributed by atoms with Gasteiger partial charge in [0.05, 0.1) is 48.7 Å². The number of amides is 1. The van der Waals surface area contributed by atoms with Gasteiger partial charge in [-0.15, -0.1) is 0 Å². The van der Waals surface area contributed by atoms with Crippen molar-refractivity contribution in [3.8, 4) is 28.1 Å². The van der Waals surface area contributed by atoms with Gasteiger partial charge in [0.2, 0.25) is 5.91 Å². The average molecular weight is 664 g/mol. The number of aromatic nitrogens is 4. The van der Waals surface area contributed by atoms with E-state index >= 15 is 0 Å². The molecule has 2 fully saturated rings. The number of nitrogens with zero attached hydrogens (tertiary/aromatic N) is 3. The molecule has 1 amide bonds. The highest BCUT2D eigenvalue weighted by atomic mass is 16.6. The number of methoxy groups -OCH3 is 1. The Bertz CT molecular complexity index is 2020. The van der Waals surface area contributed by atoms with E-state index < -0.39 is 6.04 Å². The summed E-state index contributed by atoms with van der Waals surface area (Å²) < 4.78 is 11.8. The van der Waals surface area contributed by atoms with E-state index in [0.29, 0.717) is 25.0 Å². The summed E-state index contributed by atoms with van der Waals surface area (Å²) in [6.07, 6.45) is 3.74. The van der Waals surface area contributed by atoms with E-state index in [4.69, 9.17) is 24.3 Å². The van der Waals surface area contributed by atoms with Crippen LogP contribution in [0.3, 0.4) is 0 Å². The molecule has 0 unspecified atom stereocenters. The summed E-state index contributed by atoms with van der Waals surface area (Å²) in [5, 5.41) is 5.82. The van der Waals surface area contributed by atoms with Crippen LogP contribution in [0.5, 0.6) is 5.75 Å².